The summed E-state index contributed by atoms with van der Waals surface area (Å²) in [6.45, 7) is 0. The van der Waals surface area contributed by atoms with Crippen LogP contribution in [0.3, 0.4) is 0 Å². The molecule has 0 N–H and O–H groups in total. The fraction of sp³-hybridized carbons (Fsp3) is 1.00. The standard InChI is InChI=1S/C7H10F4/c8-6-4-2-1-3-5(6)7(9,10)11/h5-6H,1-4H2. The Morgan fingerprint density at radius 2 is 1.55 bits per heavy atom. The third-order valence-electron chi connectivity index (χ3n) is 2.10. The predicted molar refractivity (Wildman–Crippen MR) is 32.9 cm³/mol. The van der Waals surface area contributed by atoms with Gasteiger partial charge in [0.1, 0.15) is 6.17 Å². The van der Waals surface area contributed by atoms with Crippen LogP contribution in [0.1, 0.15) is 25.7 Å². The van der Waals surface area contributed by atoms with Crippen molar-refractivity contribution in [2.45, 2.75) is 38.0 Å². The van der Waals surface area contributed by atoms with Gasteiger partial charge >= 0.3 is 6.18 Å². The van der Waals surface area contributed by atoms with Crippen LogP contribution in [0.5, 0.6) is 0 Å². The van der Waals surface area contributed by atoms with E-state index >= 15 is 0 Å². The van der Waals surface area contributed by atoms with E-state index in [1.807, 2.05) is 0 Å². The normalized spacial score (nSPS) is 33.8. The van der Waals surface area contributed by atoms with Crippen molar-refractivity contribution >= 4 is 0 Å². The molecule has 1 saturated carbocycles. The molecule has 0 aromatic rings. The number of hydrogen-bond donors (Lipinski definition) is 0. The lowest BCUT2D eigenvalue weighted by atomic mass is 9.87. The molecular formula is C7H10F4. The topological polar surface area (TPSA) is 0 Å². The second-order valence-corrected chi connectivity index (χ2v) is 2.95. The van der Waals surface area contributed by atoms with Crippen molar-refractivity contribution in [3.63, 3.8) is 0 Å². The first-order valence-electron chi connectivity index (χ1n) is 3.72. The lowest BCUT2D eigenvalue weighted by Crippen LogP contribution is -2.33. The molecule has 0 heterocycles. The maximum absolute atomic E-state index is 12.6. The second-order valence-electron chi connectivity index (χ2n) is 2.95. The third-order valence-corrected chi connectivity index (χ3v) is 2.10. The summed E-state index contributed by atoms with van der Waals surface area (Å²) >= 11 is 0. The first-order chi connectivity index (χ1) is 5.02. The molecule has 0 spiro atoms. The quantitative estimate of drug-likeness (QED) is 0.490. The molecule has 0 saturated heterocycles. The molecule has 1 aliphatic carbocycles. The van der Waals surface area contributed by atoms with Crippen molar-refractivity contribution in [2.24, 2.45) is 5.92 Å². The highest BCUT2D eigenvalue weighted by Gasteiger charge is 2.45. The monoisotopic (exact) mass is 170 g/mol. The summed E-state index contributed by atoms with van der Waals surface area (Å²) in [7, 11) is 0. The van der Waals surface area contributed by atoms with Crippen LogP contribution in [0.4, 0.5) is 17.6 Å². The zero-order valence-electron chi connectivity index (χ0n) is 5.99. The summed E-state index contributed by atoms with van der Waals surface area (Å²) in [6, 6.07) is 0. The summed E-state index contributed by atoms with van der Waals surface area (Å²) in [4.78, 5) is 0. The molecular weight excluding hydrogens is 160 g/mol. The summed E-state index contributed by atoms with van der Waals surface area (Å²) in [5.41, 5.74) is 0. The van der Waals surface area contributed by atoms with Crippen LogP contribution < -0.4 is 0 Å². The zero-order valence-corrected chi connectivity index (χ0v) is 5.99. The predicted octanol–water partition coefficient (Wildman–Crippen LogP) is 3.08. The smallest absolute Gasteiger partial charge is 0.247 e. The molecule has 2 atom stereocenters. The molecule has 0 aromatic heterocycles. The van der Waals surface area contributed by atoms with Crippen LogP contribution >= 0.6 is 0 Å². The molecule has 0 radical (unpaired) electrons. The Balaban J connectivity index is 2.55. The van der Waals surface area contributed by atoms with E-state index in [2.05, 4.69) is 0 Å². The lowest BCUT2D eigenvalue weighted by Gasteiger charge is -2.27. The highest BCUT2D eigenvalue weighted by atomic mass is 19.4. The lowest BCUT2D eigenvalue weighted by molar-refractivity contribution is -0.197. The molecule has 2 unspecified atom stereocenters. The minimum atomic E-state index is -4.33. The van der Waals surface area contributed by atoms with Crippen molar-refractivity contribution in [3.05, 3.63) is 0 Å². The van der Waals surface area contributed by atoms with Crippen LogP contribution in [0.15, 0.2) is 0 Å². The van der Waals surface area contributed by atoms with Crippen molar-refractivity contribution in [1.29, 1.82) is 0 Å². The maximum atomic E-state index is 12.6. The third kappa shape index (κ3) is 2.07. The van der Waals surface area contributed by atoms with Crippen LogP contribution in [-0.4, -0.2) is 12.3 Å². The number of alkyl halides is 4. The number of halogens is 4. The van der Waals surface area contributed by atoms with Gasteiger partial charge in [-0.1, -0.05) is 12.8 Å². The van der Waals surface area contributed by atoms with Crippen molar-refractivity contribution < 1.29 is 17.6 Å². The van der Waals surface area contributed by atoms with Gasteiger partial charge in [0.2, 0.25) is 0 Å². The van der Waals surface area contributed by atoms with E-state index in [0.717, 1.165) is 0 Å². The Morgan fingerprint density at radius 3 is 1.91 bits per heavy atom. The molecule has 66 valence electrons. The van der Waals surface area contributed by atoms with Gasteiger partial charge in [-0.05, 0) is 12.8 Å². The van der Waals surface area contributed by atoms with Crippen molar-refractivity contribution in [1.82, 2.24) is 0 Å². The maximum Gasteiger partial charge on any atom is 0.394 e. The van der Waals surface area contributed by atoms with E-state index in [4.69, 9.17) is 0 Å². The van der Waals surface area contributed by atoms with Gasteiger partial charge in [-0.2, -0.15) is 13.2 Å². The molecule has 1 aliphatic rings. The van der Waals surface area contributed by atoms with E-state index in [1.165, 1.54) is 0 Å². The minimum Gasteiger partial charge on any atom is -0.247 e. The summed E-state index contributed by atoms with van der Waals surface area (Å²) in [6.07, 6.45) is -4.86. The van der Waals surface area contributed by atoms with Gasteiger partial charge in [-0.15, -0.1) is 0 Å². The first-order valence-corrected chi connectivity index (χ1v) is 3.72. The van der Waals surface area contributed by atoms with E-state index in [1.54, 1.807) is 0 Å². The van der Waals surface area contributed by atoms with Gasteiger partial charge in [0.05, 0.1) is 5.92 Å². The highest BCUT2D eigenvalue weighted by Crippen LogP contribution is 2.38. The molecule has 4 heteroatoms. The van der Waals surface area contributed by atoms with Gasteiger partial charge in [0.25, 0.3) is 0 Å². The Kier molecular flexibility index (Phi) is 2.40. The van der Waals surface area contributed by atoms with Gasteiger partial charge in [0.15, 0.2) is 0 Å². The van der Waals surface area contributed by atoms with Crippen LogP contribution in [0, 0.1) is 5.92 Å². The van der Waals surface area contributed by atoms with Gasteiger partial charge in [-0.25, -0.2) is 4.39 Å². The molecule has 0 aliphatic heterocycles. The molecule has 0 amide bonds. The summed E-state index contributed by atoms with van der Waals surface area (Å²) < 4.78 is 48.5. The van der Waals surface area contributed by atoms with Crippen LogP contribution in [0.2, 0.25) is 0 Å². The summed E-state index contributed by atoms with van der Waals surface area (Å²) in [5, 5.41) is 0. The van der Waals surface area contributed by atoms with Gasteiger partial charge < -0.3 is 0 Å². The average molecular weight is 170 g/mol. The van der Waals surface area contributed by atoms with Crippen LogP contribution in [0.25, 0.3) is 0 Å². The fourth-order valence-electron chi connectivity index (χ4n) is 1.45. The largest absolute Gasteiger partial charge is 0.394 e. The molecule has 11 heavy (non-hydrogen) atoms. The second kappa shape index (κ2) is 2.99. The number of hydrogen-bond acceptors (Lipinski definition) is 0. The fourth-order valence-corrected chi connectivity index (χ4v) is 1.45. The van der Waals surface area contributed by atoms with E-state index in [-0.39, 0.29) is 12.8 Å². The molecule has 0 aromatic carbocycles. The Bertz CT molecular complexity index is 129. The highest BCUT2D eigenvalue weighted by molar-refractivity contribution is 4.79. The first kappa shape index (κ1) is 8.81. The average Bonchev–Trinajstić information content (AvgIpc) is 1.86. The van der Waals surface area contributed by atoms with Gasteiger partial charge in [0, 0.05) is 0 Å². The Labute approximate surface area is 62.6 Å². The Hall–Kier alpha value is -0.280. The van der Waals surface area contributed by atoms with Crippen molar-refractivity contribution in [3.8, 4) is 0 Å². The minimum absolute atomic E-state index is 0.0370. The molecule has 1 fully saturated rings. The molecule has 0 bridgehead atoms. The molecule has 0 nitrogen and oxygen atoms in total. The van der Waals surface area contributed by atoms with E-state index in [0.29, 0.717) is 12.8 Å². The van der Waals surface area contributed by atoms with Crippen LogP contribution in [-0.2, 0) is 0 Å². The summed E-state index contributed by atoms with van der Waals surface area (Å²) in [5.74, 6) is -1.70. The van der Waals surface area contributed by atoms with Gasteiger partial charge in [-0.3, -0.25) is 0 Å². The van der Waals surface area contributed by atoms with Crippen molar-refractivity contribution in [2.75, 3.05) is 0 Å². The Morgan fingerprint density at radius 1 is 1.00 bits per heavy atom. The SMILES string of the molecule is FC1CCCCC1C(F)(F)F. The number of rotatable bonds is 0. The molecule has 1 rings (SSSR count). The van der Waals surface area contributed by atoms with E-state index in [9.17, 15) is 17.6 Å². The zero-order chi connectivity index (χ0) is 8.48. The van der Waals surface area contributed by atoms with E-state index < -0.39 is 18.3 Å².